The van der Waals surface area contributed by atoms with Crippen molar-refractivity contribution in [2.75, 3.05) is 26.2 Å². The summed E-state index contributed by atoms with van der Waals surface area (Å²) in [5.41, 5.74) is 8.60. The molecule has 0 atom stereocenters. The second-order valence-electron chi connectivity index (χ2n) is 5.45. The van der Waals surface area contributed by atoms with Crippen LogP contribution in [0.25, 0.3) is 0 Å². The fourth-order valence-electron chi connectivity index (χ4n) is 2.52. The van der Waals surface area contributed by atoms with E-state index in [1.165, 1.54) is 5.56 Å². The molecule has 1 heterocycles. The number of likely N-dealkylation sites (tertiary alicyclic amines) is 1. The van der Waals surface area contributed by atoms with Crippen molar-refractivity contribution in [3.05, 3.63) is 34.9 Å². The minimum atomic E-state index is 0.130. The molecular formula is C16H24N2O2. The van der Waals surface area contributed by atoms with E-state index in [0.29, 0.717) is 13.2 Å². The molecule has 1 saturated heterocycles. The Morgan fingerprint density at radius 2 is 2.00 bits per heavy atom. The molecule has 2 rings (SSSR count). The highest BCUT2D eigenvalue weighted by Crippen LogP contribution is 2.17. The molecule has 0 aromatic heterocycles. The number of hydrogen-bond acceptors (Lipinski definition) is 3. The van der Waals surface area contributed by atoms with Gasteiger partial charge in [-0.1, -0.05) is 6.07 Å². The number of benzene rings is 1. The molecule has 20 heavy (non-hydrogen) atoms. The number of piperidine rings is 1. The number of ether oxygens (including phenoxy) is 1. The molecule has 0 spiro atoms. The first kappa shape index (κ1) is 15.0. The molecule has 0 saturated carbocycles. The van der Waals surface area contributed by atoms with Crippen LogP contribution in [0.1, 0.15) is 34.3 Å². The topological polar surface area (TPSA) is 55.6 Å². The zero-order valence-corrected chi connectivity index (χ0v) is 12.4. The van der Waals surface area contributed by atoms with E-state index in [-0.39, 0.29) is 12.0 Å². The Morgan fingerprint density at radius 1 is 1.30 bits per heavy atom. The molecule has 1 aliphatic rings. The summed E-state index contributed by atoms with van der Waals surface area (Å²) >= 11 is 0. The van der Waals surface area contributed by atoms with E-state index in [2.05, 4.69) is 6.92 Å². The maximum Gasteiger partial charge on any atom is 0.253 e. The van der Waals surface area contributed by atoms with Crippen LogP contribution in [0.4, 0.5) is 0 Å². The summed E-state index contributed by atoms with van der Waals surface area (Å²) in [5.74, 6) is 0.130. The smallest absolute Gasteiger partial charge is 0.253 e. The molecule has 0 bridgehead atoms. The number of carbonyl (C=O) groups is 1. The highest BCUT2D eigenvalue weighted by molar-refractivity contribution is 5.94. The lowest BCUT2D eigenvalue weighted by Crippen LogP contribution is -2.41. The van der Waals surface area contributed by atoms with Crippen molar-refractivity contribution in [2.45, 2.75) is 32.8 Å². The van der Waals surface area contributed by atoms with Gasteiger partial charge in [-0.25, -0.2) is 0 Å². The van der Waals surface area contributed by atoms with E-state index in [1.54, 1.807) is 0 Å². The first-order valence-electron chi connectivity index (χ1n) is 7.30. The largest absolute Gasteiger partial charge is 0.377 e. The molecule has 2 N–H and O–H groups in total. The van der Waals surface area contributed by atoms with Crippen molar-refractivity contribution < 1.29 is 9.53 Å². The molecule has 1 aromatic carbocycles. The lowest BCUT2D eigenvalue weighted by molar-refractivity contribution is 0.0122. The Morgan fingerprint density at radius 3 is 2.60 bits per heavy atom. The van der Waals surface area contributed by atoms with E-state index in [4.69, 9.17) is 10.5 Å². The fraction of sp³-hybridized carbons (Fsp3) is 0.562. The summed E-state index contributed by atoms with van der Waals surface area (Å²) in [7, 11) is 0. The summed E-state index contributed by atoms with van der Waals surface area (Å²) in [6, 6.07) is 5.91. The van der Waals surface area contributed by atoms with E-state index in [9.17, 15) is 4.79 Å². The minimum Gasteiger partial charge on any atom is -0.377 e. The Hall–Kier alpha value is -1.39. The number of aryl methyl sites for hydroxylation is 2. The van der Waals surface area contributed by atoms with Crippen LogP contribution in [0.2, 0.25) is 0 Å². The number of nitrogens with two attached hydrogens (primary N) is 1. The van der Waals surface area contributed by atoms with Crippen molar-refractivity contribution in [1.29, 1.82) is 0 Å². The number of nitrogens with zero attached hydrogens (tertiary/aromatic N) is 1. The van der Waals surface area contributed by atoms with Crippen LogP contribution in [0.5, 0.6) is 0 Å². The number of carbonyl (C=O) groups excluding carboxylic acids is 1. The van der Waals surface area contributed by atoms with Gasteiger partial charge in [0.05, 0.1) is 12.7 Å². The van der Waals surface area contributed by atoms with Crippen LogP contribution in [-0.2, 0) is 4.74 Å². The van der Waals surface area contributed by atoms with Crippen LogP contribution in [0.3, 0.4) is 0 Å². The average molecular weight is 276 g/mol. The van der Waals surface area contributed by atoms with Gasteiger partial charge in [-0.2, -0.15) is 0 Å². The van der Waals surface area contributed by atoms with E-state index >= 15 is 0 Å². The van der Waals surface area contributed by atoms with Gasteiger partial charge in [0.25, 0.3) is 5.91 Å². The van der Waals surface area contributed by atoms with Gasteiger partial charge in [-0.15, -0.1) is 0 Å². The predicted molar refractivity (Wildman–Crippen MR) is 79.8 cm³/mol. The van der Waals surface area contributed by atoms with Gasteiger partial charge in [-0.3, -0.25) is 4.79 Å². The Balaban J connectivity index is 1.92. The fourth-order valence-corrected chi connectivity index (χ4v) is 2.52. The second-order valence-corrected chi connectivity index (χ2v) is 5.45. The quantitative estimate of drug-likeness (QED) is 0.913. The minimum absolute atomic E-state index is 0.130. The summed E-state index contributed by atoms with van der Waals surface area (Å²) in [4.78, 5) is 14.4. The van der Waals surface area contributed by atoms with Gasteiger partial charge < -0.3 is 15.4 Å². The highest BCUT2D eigenvalue weighted by atomic mass is 16.5. The summed E-state index contributed by atoms with van der Waals surface area (Å²) in [5, 5.41) is 0. The maximum atomic E-state index is 12.4. The van der Waals surface area contributed by atoms with E-state index < -0.39 is 0 Å². The first-order chi connectivity index (χ1) is 9.61. The van der Waals surface area contributed by atoms with Crippen LogP contribution < -0.4 is 5.73 Å². The molecule has 1 amide bonds. The van der Waals surface area contributed by atoms with Gasteiger partial charge in [0.2, 0.25) is 0 Å². The molecular weight excluding hydrogens is 252 g/mol. The van der Waals surface area contributed by atoms with E-state index in [0.717, 1.165) is 37.1 Å². The van der Waals surface area contributed by atoms with Gasteiger partial charge >= 0.3 is 0 Å². The third-order valence-corrected chi connectivity index (χ3v) is 3.95. The zero-order chi connectivity index (χ0) is 14.5. The molecule has 1 aliphatic heterocycles. The standard InChI is InChI=1S/C16H24N2O2/c1-12-3-4-14(11-13(12)2)16(19)18-8-5-15(6-9-18)20-10-7-17/h3-4,11,15H,5-10,17H2,1-2H3. The zero-order valence-electron chi connectivity index (χ0n) is 12.4. The first-order valence-corrected chi connectivity index (χ1v) is 7.30. The predicted octanol–water partition coefficient (Wildman–Crippen LogP) is 1.88. The van der Waals surface area contributed by atoms with Gasteiger partial charge in [0.1, 0.15) is 0 Å². The Bertz CT molecular complexity index is 466. The third kappa shape index (κ3) is 3.58. The highest BCUT2D eigenvalue weighted by Gasteiger charge is 2.23. The van der Waals surface area contributed by atoms with Crippen molar-refractivity contribution in [1.82, 2.24) is 4.90 Å². The van der Waals surface area contributed by atoms with Gasteiger partial charge in [0, 0.05) is 25.2 Å². The average Bonchev–Trinajstić information content (AvgIpc) is 2.48. The molecule has 0 radical (unpaired) electrons. The monoisotopic (exact) mass is 276 g/mol. The molecule has 0 aliphatic carbocycles. The molecule has 0 unspecified atom stereocenters. The third-order valence-electron chi connectivity index (χ3n) is 3.95. The maximum absolute atomic E-state index is 12.4. The van der Waals surface area contributed by atoms with Crippen molar-refractivity contribution in [3.63, 3.8) is 0 Å². The van der Waals surface area contributed by atoms with Crippen molar-refractivity contribution >= 4 is 5.91 Å². The Kier molecular flexibility index (Phi) is 5.15. The summed E-state index contributed by atoms with van der Waals surface area (Å²) < 4.78 is 5.64. The van der Waals surface area contributed by atoms with Crippen LogP contribution >= 0.6 is 0 Å². The molecule has 110 valence electrons. The molecule has 4 heteroatoms. The van der Waals surface area contributed by atoms with E-state index in [1.807, 2.05) is 30.0 Å². The molecule has 4 nitrogen and oxygen atoms in total. The second kappa shape index (κ2) is 6.86. The lowest BCUT2D eigenvalue weighted by Gasteiger charge is -2.32. The summed E-state index contributed by atoms with van der Waals surface area (Å²) in [6.45, 7) is 6.79. The molecule has 1 fully saturated rings. The van der Waals surface area contributed by atoms with Crippen molar-refractivity contribution in [2.24, 2.45) is 5.73 Å². The number of hydrogen-bond donors (Lipinski definition) is 1. The van der Waals surface area contributed by atoms with Crippen LogP contribution in [-0.4, -0.2) is 43.2 Å². The van der Waals surface area contributed by atoms with Crippen molar-refractivity contribution in [3.8, 4) is 0 Å². The molecule has 1 aromatic rings. The lowest BCUT2D eigenvalue weighted by atomic mass is 10.0. The number of amides is 1. The SMILES string of the molecule is Cc1ccc(C(=O)N2CCC(OCCN)CC2)cc1C. The van der Waals surface area contributed by atoms with Crippen LogP contribution in [0.15, 0.2) is 18.2 Å². The van der Waals surface area contributed by atoms with Gasteiger partial charge in [0.15, 0.2) is 0 Å². The number of rotatable bonds is 4. The Labute approximate surface area is 120 Å². The van der Waals surface area contributed by atoms with Gasteiger partial charge in [-0.05, 0) is 49.9 Å². The van der Waals surface area contributed by atoms with Crippen LogP contribution in [0, 0.1) is 13.8 Å². The normalized spacial score (nSPS) is 16.4. The summed E-state index contributed by atoms with van der Waals surface area (Å²) in [6.07, 6.45) is 2.05.